The van der Waals surface area contributed by atoms with Gasteiger partial charge in [-0.1, -0.05) is 0 Å². The smallest absolute Gasteiger partial charge is 0.405 e. The summed E-state index contributed by atoms with van der Waals surface area (Å²) < 4.78 is 35.7. The van der Waals surface area contributed by atoms with E-state index in [0.717, 1.165) is 4.90 Å². The summed E-state index contributed by atoms with van der Waals surface area (Å²) in [5.74, 6) is -3.07. The summed E-state index contributed by atoms with van der Waals surface area (Å²) in [6.45, 7) is -0.219. The lowest BCUT2D eigenvalue weighted by atomic mass is 10.2. The van der Waals surface area contributed by atoms with Crippen LogP contribution in [-0.2, 0) is 14.4 Å². The second-order valence-electron chi connectivity index (χ2n) is 4.62. The molecule has 1 fully saturated rings. The highest BCUT2D eigenvalue weighted by molar-refractivity contribution is 5.98. The van der Waals surface area contributed by atoms with E-state index in [1.807, 2.05) is 0 Å². The number of rotatable bonds is 6. The number of carbonyl (C=O) groups is 3. The third kappa shape index (κ3) is 5.06. The Labute approximate surface area is 112 Å². The number of halogens is 3. The lowest BCUT2D eigenvalue weighted by Gasteiger charge is -2.26. The van der Waals surface area contributed by atoms with Crippen LogP contribution in [0.5, 0.6) is 0 Å². The fourth-order valence-corrected chi connectivity index (χ4v) is 1.70. The minimum Gasteiger partial charge on any atom is -0.480 e. The fraction of sp³-hybridized carbons (Fsp3) is 0.727. The van der Waals surface area contributed by atoms with Gasteiger partial charge in [-0.25, -0.2) is 4.79 Å². The van der Waals surface area contributed by atoms with Crippen molar-refractivity contribution >= 4 is 17.8 Å². The highest BCUT2D eigenvalue weighted by Crippen LogP contribution is 2.29. The van der Waals surface area contributed by atoms with Crippen molar-refractivity contribution in [3.8, 4) is 0 Å². The highest BCUT2D eigenvalue weighted by atomic mass is 19.4. The van der Waals surface area contributed by atoms with Gasteiger partial charge in [0.15, 0.2) is 0 Å². The molecule has 1 unspecified atom stereocenters. The van der Waals surface area contributed by atoms with Crippen molar-refractivity contribution in [2.24, 2.45) is 0 Å². The molecular formula is C11H15F3N2O4. The van der Waals surface area contributed by atoms with Crippen LogP contribution in [0.2, 0.25) is 0 Å². The van der Waals surface area contributed by atoms with E-state index in [9.17, 15) is 27.6 Å². The second-order valence-corrected chi connectivity index (χ2v) is 4.62. The molecule has 0 aromatic rings. The Morgan fingerprint density at radius 3 is 2.30 bits per heavy atom. The summed E-state index contributed by atoms with van der Waals surface area (Å²) in [6.07, 6.45) is -4.07. The van der Waals surface area contributed by atoms with Crippen LogP contribution < -0.4 is 5.32 Å². The molecule has 0 spiro atoms. The van der Waals surface area contributed by atoms with Gasteiger partial charge < -0.3 is 15.3 Å². The van der Waals surface area contributed by atoms with Crippen molar-refractivity contribution in [3.05, 3.63) is 0 Å². The van der Waals surface area contributed by atoms with E-state index in [1.54, 1.807) is 5.32 Å². The van der Waals surface area contributed by atoms with E-state index in [1.165, 1.54) is 6.92 Å². The lowest BCUT2D eigenvalue weighted by Crippen LogP contribution is -2.46. The molecule has 20 heavy (non-hydrogen) atoms. The number of carboxylic acids is 1. The van der Waals surface area contributed by atoms with Crippen molar-refractivity contribution in [1.29, 1.82) is 0 Å². The van der Waals surface area contributed by atoms with Crippen LogP contribution in [0.25, 0.3) is 0 Å². The zero-order valence-electron chi connectivity index (χ0n) is 10.7. The highest BCUT2D eigenvalue weighted by Gasteiger charge is 2.39. The number of carboxylic acid groups (broad SMARTS) is 1. The Morgan fingerprint density at radius 1 is 1.35 bits per heavy atom. The average molecular weight is 296 g/mol. The van der Waals surface area contributed by atoms with E-state index in [2.05, 4.69) is 0 Å². The summed E-state index contributed by atoms with van der Waals surface area (Å²) in [5.41, 5.74) is 0. The van der Waals surface area contributed by atoms with Crippen molar-refractivity contribution in [3.63, 3.8) is 0 Å². The maximum Gasteiger partial charge on any atom is 0.405 e. The first-order valence-corrected chi connectivity index (χ1v) is 5.99. The normalized spacial score (nSPS) is 16.4. The topological polar surface area (TPSA) is 86.7 Å². The molecule has 1 saturated carbocycles. The van der Waals surface area contributed by atoms with Crippen molar-refractivity contribution < 1.29 is 32.7 Å². The summed E-state index contributed by atoms with van der Waals surface area (Å²) in [6, 6.07) is -1.35. The predicted molar refractivity (Wildman–Crippen MR) is 60.6 cm³/mol. The molecule has 1 aliphatic rings. The molecule has 6 nitrogen and oxygen atoms in total. The van der Waals surface area contributed by atoms with Crippen LogP contribution in [0.4, 0.5) is 13.2 Å². The van der Waals surface area contributed by atoms with Crippen LogP contribution in [0.15, 0.2) is 0 Å². The molecule has 0 aromatic heterocycles. The van der Waals surface area contributed by atoms with Crippen LogP contribution in [0.1, 0.15) is 26.2 Å². The lowest BCUT2D eigenvalue weighted by molar-refractivity contribution is -0.152. The van der Waals surface area contributed by atoms with Gasteiger partial charge in [-0.15, -0.1) is 0 Å². The zero-order valence-corrected chi connectivity index (χ0v) is 10.7. The molecule has 1 aliphatic carbocycles. The van der Waals surface area contributed by atoms with Gasteiger partial charge in [0.1, 0.15) is 19.0 Å². The van der Waals surface area contributed by atoms with E-state index in [0.29, 0.717) is 12.8 Å². The monoisotopic (exact) mass is 296 g/mol. The minimum absolute atomic E-state index is 0.246. The molecule has 2 N–H and O–H groups in total. The SMILES string of the molecule is CC(C(=O)O)N(C(=O)CC(=O)NCC(F)(F)F)C1CC1. The number of hydrogen-bond acceptors (Lipinski definition) is 3. The average Bonchev–Trinajstić information content (AvgIpc) is 3.09. The minimum atomic E-state index is -4.55. The largest absolute Gasteiger partial charge is 0.480 e. The molecule has 0 radical (unpaired) electrons. The van der Waals surface area contributed by atoms with Crippen molar-refractivity contribution in [1.82, 2.24) is 10.2 Å². The summed E-state index contributed by atoms with van der Waals surface area (Å²) in [7, 11) is 0. The Morgan fingerprint density at radius 2 is 1.90 bits per heavy atom. The Bertz CT molecular complexity index is 407. The summed E-state index contributed by atoms with van der Waals surface area (Å²) >= 11 is 0. The van der Waals surface area contributed by atoms with Gasteiger partial charge >= 0.3 is 12.1 Å². The van der Waals surface area contributed by atoms with Gasteiger partial charge in [0.2, 0.25) is 11.8 Å². The van der Waals surface area contributed by atoms with E-state index < -0.39 is 43.0 Å². The molecular weight excluding hydrogens is 281 g/mol. The Kier molecular flexibility index (Phi) is 4.96. The van der Waals surface area contributed by atoms with Crippen LogP contribution >= 0.6 is 0 Å². The summed E-state index contributed by atoms with van der Waals surface area (Å²) in [4.78, 5) is 35.0. The predicted octanol–water partition coefficient (Wildman–Crippen LogP) is 0.519. The summed E-state index contributed by atoms with van der Waals surface area (Å²) in [5, 5.41) is 10.5. The Balaban J connectivity index is 2.54. The molecule has 0 aromatic carbocycles. The fourth-order valence-electron chi connectivity index (χ4n) is 1.70. The first kappa shape index (κ1) is 16.3. The molecule has 0 aliphatic heterocycles. The van der Waals surface area contributed by atoms with Gasteiger partial charge in [0.05, 0.1) is 0 Å². The quantitative estimate of drug-likeness (QED) is 0.700. The first-order valence-electron chi connectivity index (χ1n) is 5.99. The van der Waals surface area contributed by atoms with Gasteiger partial charge in [-0.2, -0.15) is 13.2 Å². The molecule has 0 bridgehead atoms. The van der Waals surface area contributed by atoms with Gasteiger partial charge in [0.25, 0.3) is 0 Å². The number of nitrogens with one attached hydrogen (secondary N) is 1. The third-order valence-corrected chi connectivity index (χ3v) is 2.80. The molecule has 1 rings (SSSR count). The van der Waals surface area contributed by atoms with Gasteiger partial charge in [-0.3, -0.25) is 9.59 Å². The van der Waals surface area contributed by atoms with Crippen molar-refractivity contribution in [2.45, 2.75) is 44.4 Å². The van der Waals surface area contributed by atoms with E-state index in [-0.39, 0.29) is 6.04 Å². The van der Waals surface area contributed by atoms with E-state index in [4.69, 9.17) is 5.11 Å². The first-order chi connectivity index (χ1) is 9.11. The number of carbonyl (C=O) groups excluding carboxylic acids is 2. The second kappa shape index (κ2) is 6.10. The standard InChI is InChI=1S/C11H15F3N2O4/c1-6(10(19)20)16(7-2-3-7)9(18)4-8(17)15-5-11(12,13)14/h6-7H,2-5H2,1H3,(H,15,17)(H,19,20). The van der Waals surface area contributed by atoms with Gasteiger partial charge in [0, 0.05) is 6.04 Å². The third-order valence-electron chi connectivity index (χ3n) is 2.80. The number of hydrogen-bond donors (Lipinski definition) is 2. The molecule has 0 heterocycles. The number of amides is 2. The van der Waals surface area contributed by atoms with Crippen LogP contribution in [0, 0.1) is 0 Å². The van der Waals surface area contributed by atoms with Crippen molar-refractivity contribution in [2.75, 3.05) is 6.54 Å². The molecule has 0 saturated heterocycles. The molecule has 2 amide bonds. The zero-order chi connectivity index (χ0) is 15.5. The molecule has 1 atom stereocenters. The van der Waals surface area contributed by atoms with Crippen LogP contribution in [0.3, 0.4) is 0 Å². The maximum absolute atomic E-state index is 11.9. The van der Waals surface area contributed by atoms with Crippen LogP contribution in [-0.4, -0.2) is 52.6 Å². The van der Waals surface area contributed by atoms with Gasteiger partial charge in [-0.05, 0) is 19.8 Å². The molecule has 9 heteroatoms. The van der Waals surface area contributed by atoms with E-state index >= 15 is 0 Å². The Hall–Kier alpha value is -1.80. The maximum atomic E-state index is 11.9. The number of nitrogens with zero attached hydrogens (tertiary/aromatic N) is 1. The molecule has 114 valence electrons. The number of alkyl halides is 3. The number of aliphatic carboxylic acids is 1.